The Morgan fingerprint density at radius 2 is 2.07 bits per heavy atom. The van der Waals surface area contributed by atoms with Gasteiger partial charge in [-0.2, -0.15) is 0 Å². The van der Waals surface area contributed by atoms with E-state index in [0.717, 1.165) is 12.8 Å². The van der Waals surface area contributed by atoms with Gasteiger partial charge in [-0.25, -0.2) is 4.39 Å². The fraction of sp³-hybridized carbons (Fsp3) is 0.385. The van der Waals surface area contributed by atoms with Crippen LogP contribution in [0.3, 0.4) is 0 Å². The fourth-order valence-electron chi connectivity index (χ4n) is 1.47. The van der Waals surface area contributed by atoms with Crippen molar-refractivity contribution in [3.63, 3.8) is 0 Å². The first-order chi connectivity index (χ1) is 7.24. The fourth-order valence-corrected chi connectivity index (χ4v) is 1.47. The van der Waals surface area contributed by atoms with Crippen molar-refractivity contribution in [1.82, 2.24) is 0 Å². The first kappa shape index (κ1) is 11.9. The zero-order valence-corrected chi connectivity index (χ0v) is 8.99. The van der Waals surface area contributed by atoms with E-state index in [-0.39, 0.29) is 0 Å². The third kappa shape index (κ3) is 4.26. The Morgan fingerprint density at radius 1 is 1.40 bits per heavy atom. The molecule has 0 fully saturated rings. The van der Waals surface area contributed by atoms with Crippen molar-refractivity contribution in [2.45, 2.75) is 32.3 Å². The molecule has 15 heavy (non-hydrogen) atoms. The molecule has 0 saturated heterocycles. The minimum atomic E-state index is -0.932. The van der Waals surface area contributed by atoms with Gasteiger partial charge in [-0.15, -0.1) is 0 Å². The van der Waals surface area contributed by atoms with E-state index in [9.17, 15) is 9.50 Å². The molecule has 0 heterocycles. The second kappa shape index (κ2) is 6.36. The average molecular weight is 208 g/mol. The first-order valence-corrected chi connectivity index (χ1v) is 5.27. The van der Waals surface area contributed by atoms with Crippen LogP contribution in [0.25, 0.3) is 0 Å². The summed E-state index contributed by atoms with van der Waals surface area (Å²) in [6.45, 7) is 1.59. The van der Waals surface area contributed by atoms with Crippen LogP contribution >= 0.6 is 0 Å². The second-order valence-corrected chi connectivity index (χ2v) is 3.57. The lowest BCUT2D eigenvalue weighted by atomic mass is 10.1. The molecular formula is C13H17FO. The van der Waals surface area contributed by atoms with Gasteiger partial charge in [0.1, 0.15) is 11.9 Å². The predicted octanol–water partition coefficient (Wildman–Crippen LogP) is 3.24. The van der Waals surface area contributed by atoms with Gasteiger partial charge in [0.05, 0.1) is 0 Å². The normalized spacial score (nSPS) is 13.9. The largest absolute Gasteiger partial charge is 0.386 e. The summed E-state index contributed by atoms with van der Waals surface area (Å²) >= 11 is 0. The molecule has 1 atom stereocenters. The maximum Gasteiger partial charge on any atom is 0.124 e. The van der Waals surface area contributed by atoms with Crippen molar-refractivity contribution in [2.24, 2.45) is 0 Å². The molecule has 82 valence electrons. The number of aliphatic hydroxyl groups is 1. The topological polar surface area (TPSA) is 20.2 Å². The third-order valence-electron chi connectivity index (χ3n) is 2.38. The minimum absolute atomic E-state index is 0.428. The number of hydrogen-bond acceptors (Lipinski definition) is 1. The van der Waals surface area contributed by atoms with Crippen molar-refractivity contribution in [3.05, 3.63) is 47.8 Å². The van der Waals surface area contributed by atoms with Crippen LogP contribution in [0.5, 0.6) is 0 Å². The number of aryl methyl sites for hydroxylation is 1. The molecule has 0 saturated carbocycles. The maximum absolute atomic E-state index is 12.9. The van der Waals surface area contributed by atoms with Gasteiger partial charge < -0.3 is 5.11 Å². The highest BCUT2D eigenvalue weighted by atomic mass is 19.1. The molecule has 0 bridgehead atoms. The molecule has 1 N–H and O–H groups in total. The third-order valence-corrected chi connectivity index (χ3v) is 2.38. The van der Waals surface area contributed by atoms with Crippen LogP contribution in [0.1, 0.15) is 25.3 Å². The average Bonchev–Trinajstić information content (AvgIpc) is 2.29. The lowest BCUT2D eigenvalue weighted by Gasteiger charge is -2.07. The molecule has 0 aliphatic rings. The van der Waals surface area contributed by atoms with Crippen molar-refractivity contribution >= 4 is 0 Å². The molecule has 0 aromatic heterocycles. The number of hydrogen-bond donors (Lipinski definition) is 1. The Hall–Kier alpha value is -1.15. The molecule has 2 heteroatoms. The van der Waals surface area contributed by atoms with Crippen molar-refractivity contribution < 1.29 is 9.50 Å². The molecule has 1 rings (SSSR count). The lowest BCUT2D eigenvalue weighted by Crippen LogP contribution is -2.07. The molecule has 1 nitrogen and oxygen atoms in total. The molecule has 0 aliphatic heterocycles. The van der Waals surface area contributed by atoms with E-state index in [0.29, 0.717) is 6.42 Å². The number of benzene rings is 1. The van der Waals surface area contributed by atoms with Crippen LogP contribution in [0.2, 0.25) is 0 Å². The van der Waals surface area contributed by atoms with Gasteiger partial charge in [0.2, 0.25) is 0 Å². The quantitative estimate of drug-likeness (QED) is 0.787. The molecule has 0 aliphatic carbocycles. The van der Waals surface area contributed by atoms with Crippen molar-refractivity contribution in [1.29, 1.82) is 0 Å². The number of aliphatic hydroxyl groups excluding tert-OH is 1. The number of halogens is 1. The SMILES string of the molecule is C/C=C(\F)[C@H](O)CCCc1ccccc1. The summed E-state index contributed by atoms with van der Waals surface area (Å²) in [5, 5.41) is 9.35. The van der Waals surface area contributed by atoms with Crippen LogP contribution in [-0.4, -0.2) is 11.2 Å². The zero-order chi connectivity index (χ0) is 11.1. The predicted molar refractivity (Wildman–Crippen MR) is 60.3 cm³/mol. The molecule has 0 spiro atoms. The monoisotopic (exact) mass is 208 g/mol. The molecular weight excluding hydrogens is 191 g/mol. The van der Waals surface area contributed by atoms with Gasteiger partial charge in [0.25, 0.3) is 0 Å². The summed E-state index contributed by atoms with van der Waals surface area (Å²) in [6.07, 6.45) is 2.54. The molecule has 0 unspecified atom stereocenters. The van der Waals surface area contributed by atoms with Crippen LogP contribution in [0, 0.1) is 0 Å². The van der Waals surface area contributed by atoms with Crippen LogP contribution in [0.4, 0.5) is 4.39 Å². The maximum atomic E-state index is 12.9. The summed E-state index contributed by atoms with van der Waals surface area (Å²) in [5.41, 5.74) is 1.23. The van der Waals surface area contributed by atoms with Gasteiger partial charge in [0.15, 0.2) is 0 Å². The Kier molecular flexibility index (Phi) is 5.05. The van der Waals surface area contributed by atoms with Gasteiger partial charge in [-0.05, 0) is 31.7 Å². The van der Waals surface area contributed by atoms with Gasteiger partial charge in [0, 0.05) is 0 Å². The van der Waals surface area contributed by atoms with Crippen molar-refractivity contribution in [2.75, 3.05) is 0 Å². The van der Waals surface area contributed by atoms with Gasteiger partial charge in [-0.3, -0.25) is 0 Å². The number of allylic oxidation sites excluding steroid dienone is 1. The highest BCUT2D eigenvalue weighted by Crippen LogP contribution is 2.12. The van der Waals surface area contributed by atoms with E-state index in [1.54, 1.807) is 6.92 Å². The van der Waals surface area contributed by atoms with Crippen LogP contribution in [-0.2, 0) is 6.42 Å². The smallest absolute Gasteiger partial charge is 0.124 e. The second-order valence-electron chi connectivity index (χ2n) is 3.57. The summed E-state index contributed by atoms with van der Waals surface area (Å²) in [7, 11) is 0. The Morgan fingerprint density at radius 3 is 2.67 bits per heavy atom. The number of rotatable bonds is 5. The summed E-state index contributed by atoms with van der Waals surface area (Å²) in [6, 6.07) is 10.0. The van der Waals surface area contributed by atoms with E-state index in [4.69, 9.17) is 0 Å². The van der Waals surface area contributed by atoms with E-state index in [2.05, 4.69) is 0 Å². The summed E-state index contributed by atoms with van der Waals surface area (Å²) in [5.74, 6) is -0.428. The van der Waals surface area contributed by atoms with E-state index in [1.165, 1.54) is 11.6 Å². The lowest BCUT2D eigenvalue weighted by molar-refractivity contribution is 0.170. The highest BCUT2D eigenvalue weighted by Gasteiger charge is 2.08. The molecule has 1 aromatic rings. The Bertz CT molecular complexity index is 306. The summed E-state index contributed by atoms with van der Waals surface area (Å²) in [4.78, 5) is 0. The van der Waals surface area contributed by atoms with Gasteiger partial charge >= 0.3 is 0 Å². The van der Waals surface area contributed by atoms with E-state index >= 15 is 0 Å². The van der Waals surface area contributed by atoms with Gasteiger partial charge in [-0.1, -0.05) is 36.4 Å². The summed E-state index contributed by atoms with van der Waals surface area (Å²) < 4.78 is 12.9. The first-order valence-electron chi connectivity index (χ1n) is 5.27. The Balaban J connectivity index is 2.28. The minimum Gasteiger partial charge on any atom is -0.386 e. The standard InChI is InChI=1S/C13H17FO/c1-2-12(14)13(15)10-6-9-11-7-4-3-5-8-11/h2-5,7-8,13,15H,6,9-10H2,1H3/b12-2-/t13-/m1/s1. The molecule has 0 radical (unpaired) electrons. The van der Waals surface area contributed by atoms with Crippen LogP contribution in [0.15, 0.2) is 42.2 Å². The Labute approximate surface area is 90.3 Å². The van der Waals surface area contributed by atoms with Crippen LogP contribution < -0.4 is 0 Å². The van der Waals surface area contributed by atoms with E-state index in [1.807, 2.05) is 30.3 Å². The van der Waals surface area contributed by atoms with E-state index < -0.39 is 11.9 Å². The zero-order valence-electron chi connectivity index (χ0n) is 8.99. The highest BCUT2D eigenvalue weighted by molar-refractivity contribution is 5.14. The molecule has 0 amide bonds. The van der Waals surface area contributed by atoms with Crippen molar-refractivity contribution in [3.8, 4) is 0 Å². The molecule has 1 aromatic carbocycles.